The topological polar surface area (TPSA) is 102 Å². The van der Waals surface area contributed by atoms with E-state index < -0.39 is 16.4 Å². The van der Waals surface area contributed by atoms with Crippen LogP contribution in [0, 0.1) is 10.1 Å². The summed E-state index contributed by atoms with van der Waals surface area (Å²) in [4.78, 5) is 25.6. The van der Waals surface area contributed by atoms with E-state index in [2.05, 4.69) is 0 Å². The number of methoxy groups -OCH3 is 1. The van der Waals surface area contributed by atoms with Crippen molar-refractivity contribution < 1.29 is 24.3 Å². The summed E-state index contributed by atoms with van der Waals surface area (Å²) in [5.74, 6) is 0.242. The average Bonchev–Trinajstić information content (AvgIpc) is 2.81. The number of fused-ring (bicyclic) bond motifs is 1. The normalized spacial score (nSPS) is 12.8. The largest absolute Gasteiger partial charge is 0.497 e. The van der Waals surface area contributed by atoms with Crippen LogP contribution in [0.15, 0.2) is 60.7 Å². The van der Waals surface area contributed by atoms with Crippen molar-refractivity contribution in [2.45, 2.75) is 19.4 Å². The lowest BCUT2D eigenvalue weighted by molar-refractivity contribution is -0.384. The Hall–Kier alpha value is -3.65. The van der Waals surface area contributed by atoms with Crippen LogP contribution < -0.4 is 9.64 Å². The van der Waals surface area contributed by atoms with Crippen LogP contribution in [0.3, 0.4) is 0 Å². The van der Waals surface area contributed by atoms with Crippen molar-refractivity contribution in [3.05, 3.63) is 76.3 Å². The second-order valence-electron chi connectivity index (χ2n) is 7.37. The second kappa shape index (κ2) is 9.65. The fourth-order valence-electron chi connectivity index (χ4n) is 3.77. The maximum absolute atomic E-state index is 13.3. The molecular formula is C24H26N2O6. The highest BCUT2D eigenvalue weighted by molar-refractivity contribution is 5.90. The van der Waals surface area contributed by atoms with Gasteiger partial charge < -0.3 is 19.5 Å². The zero-order chi connectivity index (χ0) is 23.3. The highest BCUT2D eigenvalue weighted by atomic mass is 16.6. The minimum Gasteiger partial charge on any atom is -0.497 e. The number of anilines is 1. The van der Waals surface area contributed by atoms with Gasteiger partial charge in [0.05, 0.1) is 25.2 Å². The van der Waals surface area contributed by atoms with Crippen LogP contribution in [-0.2, 0) is 15.1 Å². The molecule has 3 rings (SSSR count). The van der Waals surface area contributed by atoms with Crippen molar-refractivity contribution in [1.82, 2.24) is 0 Å². The van der Waals surface area contributed by atoms with Crippen LogP contribution in [0.1, 0.15) is 19.4 Å². The van der Waals surface area contributed by atoms with E-state index in [9.17, 15) is 20.0 Å². The number of nitro groups is 1. The van der Waals surface area contributed by atoms with Crippen LogP contribution in [0.2, 0.25) is 0 Å². The molecule has 8 heteroatoms. The summed E-state index contributed by atoms with van der Waals surface area (Å²) >= 11 is 0. The third-order valence-corrected chi connectivity index (χ3v) is 5.52. The first kappa shape index (κ1) is 23.0. The van der Waals surface area contributed by atoms with Crippen molar-refractivity contribution in [3.8, 4) is 5.75 Å². The van der Waals surface area contributed by atoms with Gasteiger partial charge in [-0.3, -0.25) is 10.1 Å². The molecule has 0 radical (unpaired) electrons. The van der Waals surface area contributed by atoms with E-state index in [0.29, 0.717) is 11.3 Å². The summed E-state index contributed by atoms with van der Waals surface area (Å²) in [5, 5.41) is 22.7. The molecule has 0 aliphatic rings. The summed E-state index contributed by atoms with van der Waals surface area (Å²) in [6.45, 7) is 3.54. The number of esters is 1. The molecule has 3 aromatic rings. The Kier molecular flexibility index (Phi) is 6.95. The molecule has 3 aromatic carbocycles. The van der Waals surface area contributed by atoms with Gasteiger partial charge in [-0.1, -0.05) is 18.2 Å². The number of carbonyl (C=O) groups excluding carboxylic acids is 1. The molecule has 8 nitrogen and oxygen atoms in total. The number of aliphatic hydroxyl groups excluding tert-OH is 1. The fraction of sp³-hybridized carbons (Fsp3) is 0.292. The molecule has 1 atom stereocenters. The third-order valence-electron chi connectivity index (χ3n) is 5.52. The van der Waals surface area contributed by atoms with E-state index in [1.807, 2.05) is 36.4 Å². The Morgan fingerprint density at radius 3 is 2.34 bits per heavy atom. The van der Waals surface area contributed by atoms with Gasteiger partial charge in [0.1, 0.15) is 5.75 Å². The summed E-state index contributed by atoms with van der Waals surface area (Å²) < 4.78 is 10.7. The number of hydrogen-bond donors (Lipinski definition) is 1. The van der Waals surface area contributed by atoms with Crippen LogP contribution >= 0.6 is 0 Å². The van der Waals surface area contributed by atoms with Crippen LogP contribution in [0.4, 0.5) is 11.4 Å². The van der Waals surface area contributed by atoms with Gasteiger partial charge in [0.2, 0.25) is 0 Å². The van der Waals surface area contributed by atoms with Crippen molar-refractivity contribution in [3.63, 3.8) is 0 Å². The van der Waals surface area contributed by atoms with Crippen molar-refractivity contribution in [1.29, 1.82) is 0 Å². The Morgan fingerprint density at radius 2 is 1.75 bits per heavy atom. The summed E-state index contributed by atoms with van der Waals surface area (Å²) in [5.41, 5.74) is -0.131. The molecule has 0 bridgehead atoms. The highest BCUT2D eigenvalue weighted by Crippen LogP contribution is 2.37. The van der Waals surface area contributed by atoms with Gasteiger partial charge in [-0.15, -0.1) is 0 Å². The molecule has 0 saturated heterocycles. The number of aliphatic hydroxyl groups is 1. The van der Waals surface area contributed by atoms with E-state index in [1.165, 1.54) is 12.1 Å². The Labute approximate surface area is 186 Å². The van der Waals surface area contributed by atoms with Gasteiger partial charge in [-0.25, -0.2) is 4.79 Å². The van der Waals surface area contributed by atoms with Gasteiger partial charge in [0.15, 0.2) is 5.54 Å². The van der Waals surface area contributed by atoms with Gasteiger partial charge in [-0.05, 0) is 60.5 Å². The standard InChI is InChI=1S/C24H26N2O6/c1-4-32-23(28)24(2,19-7-5-18-16-22(31-3)12-6-17(18)15-19)25(13-14-27)20-8-10-21(11-9-20)26(29)30/h5-12,15-16,27H,4,13-14H2,1-3H3. The number of carbonyl (C=O) groups is 1. The molecule has 1 unspecified atom stereocenters. The molecule has 0 amide bonds. The van der Waals surface area contributed by atoms with Crippen LogP contribution in [0.25, 0.3) is 10.8 Å². The maximum Gasteiger partial charge on any atom is 0.336 e. The predicted molar refractivity (Wildman–Crippen MR) is 122 cm³/mol. The number of hydrogen-bond acceptors (Lipinski definition) is 7. The minimum atomic E-state index is -1.29. The molecule has 0 fully saturated rings. The average molecular weight is 438 g/mol. The summed E-state index contributed by atoms with van der Waals surface area (Å²) in [6.07, 6.45) is 0. The number of non-ortho nitro benzene ring substituents is 1. The molecule has 0 aliphatic heterocycles. The van der Waals surface area contributed by atoms with E-state index in [0.717, 1.165) is 16.5 Å². The summed E-state index contributed by atoms with van der Waals surface area (Å²) in [6, 6.07) is 17.2. The number of rotatable bonds is 9. The first-order valence-corrected chi connectivity index (χ1v) is 10.2. The molecular weight excluding hydrogens is 412 g/mol. The molecule has 1 N–H and O–H groups in total. The quantitative estimate of drug-likeness (QED) is 0.306. The lowest BCUT2D eigenvalue weighted by atomic mass is 9.87. The zero-order valence-electron chi connectivity index (χ0n) is 18.3. The van der Waals surface area contributed by atoms with Gasteiger partial charge in [0, 0.05) is 24.4 Å². The highest BCUT2D eigenvalue weighted by Gasteiger charge is 2.43. The number of nitro benzene ring substituents is 1. The summed E-state index contributed by atoms with van der Waals surface area (Å²) in [7, 11) is 1.60. The smallest absolute Gasteiger partial charge is 0.336 e. The van der Waals surface area contributed by atoms with Crippen LogP contribution in [0.5, 0.6) is 5.75 Å². The van der Waals surface area contributed by atoms with E-state index in [4.69, 9.17) is 9.47 Å². The molecule has 0 spiro atoms. The van der Waals surface area contributed by atoms with Crippen molar-refractivity contribution >= 4 is 28.1 Å². The van der Waals surface area contributed by atoms with Crippen molar-refractivity contribution in [2.24, 2.45) is 0 Å². The zero-order valence-corrected chi connectivity index (χ0v) is 18.3. The monoisotopic (exact) mass is 438 g/mol. The SMILES string of the molecule is CCOC(=O)C(C)(c1ccc2cc(OC)ccc2c1)N(CCO)c1ccc([N+](=O)[O-])cc1. The molecule has 0 saturated carbocycles. The molecule has 0 heterocycles. The van der Waals surface area contributed by atoms with E-state index in [1.54, 1.807) is 38.0 Å². The third kappa shape index (κ3) is 4.36. The van der Waals surface area contributed by atoms with E-state index in [-0.39, 0.29) is 25.4 Å². The lowest BCUT2D eigenvalue weighted by Gasteiger charge is -2.41. The Morgan fingerprint density at radius 1 is 1.09 bits per heavy atom. The van der Waals surface area contributed by atoms with Gasteiger partial charge in [0.25, 0.3) is 5.69 Å². The number of nitrogens with zero attached hydrogens (tertiary/aromatic N) is 2. The Balaban J connectivity index is 2.16. The molecule has 0 aromatic heterocycles. The van der Waals surface area contributed by atoms with E-state index >= 15 is 0 Å². The molecule has 32 heavy (non-hydrogen) atoms. The fourth-order valence-corrected chi connectivity index (χ4v) is 3.77. The van der Waals surface area contributed by atoms with Gasteiger partial charge in [-0.2, -0.15) is 0 Å². The second-order valence-corrected chi connectivity index (χ2v) is 7.37. The first-order valence-electron chi connectivity index (χ1n) is 10.2. The Bertz CT molecular complexity index is 1120. The minimum absolute atomic E-state index is 0.0600. The van der Waals surface area contributed by atoms with Gasteiger partial charge >= 0.3 is 5.97 Å². The lowest BCUT2D eigenvalue weighted by Crippen LogP contribution is -2.52. The predicted octanol–water partition coefficient (Wildman–Crippen LogP) is 4.03. The molecule has 0 aliphatic carbocycles. The number of benzene rings is 3. The first-order chi connectivity index (χ1) is 15.3. The van der Waals surface area contributed by atoms with Crippen LogP contribution in [-0.4, -0.2) is 42.9 Å². The maximum atomic E-state index is 13.3. The van der Waals surface area contributed by atoms with Crippen molar-refractivity contribution in [2.75, 3.05) is 31.8 Å². The number of ether oxygens (including phenoxy) is 2. The molecule has 168 valence electrons.